The minimum Gasteiger partial charge on any atom is -0.332 e. The average molecular weight is 373 g/mol. The molecule has 1 amide bonds. The van der Waals surface area contributed by atoms with E-state index in [0.717, 1.165) is 69.3 Å². The van der Waals surface area contributed by atoms with Crippen LogP contribution in [0.3, 0.4) is 0 Å². The first-order chi connectivity index (χ1) is 13.0. The molecule has 0 aromatic carbocycles. The first kappa shape index (κ1) is 18.7. The quantitative estimate of drug-likeness (QED) is 0.886. The number of H-pyrrole nitrogens is 1. The molecule has 6 nitrogen and oxygen atoms in total. The van der Waals surface area contributed by atoms with Crippen LogP contribution in [-0.4, -0.2) is 44.8 Å². The second-order valence-corrected chi connectivity index (χ2v) is 8.72. The van der Waals surface area contributed by atoms with Crippen molar-refractivity contribution < 1.29 is 4.79 Å². The molecular weight excluding hydrogens is 340 g/mol. The molecule has 1 saturated heterocycles. The van der Waals surface area contributed by atoms with Gasteiger partial charge < -0.3 is 9.88 Å². The first-order valence-electron chi connectivity index (χ1n) is 10.7. The molecule has 1 atom stereocenters. The van der Waals surface area contributed by atoms with E-state index in [1.807, 2.05) is 4.90 Å². The van der Waals surface area contributed by atoms with Gasteiger partial charge >= 0.3 is 0 Å². The Morgan fingerprint density at radius 3 is 2.63 bits per heavy atom. The first-order valence-corrected chi connectivity index (χ1v) is 10.7. The van der Waals surface area contributed by atoms with Crippen molar-refractivity contribution in [3.8, 4) is 0 Å². The minimum absolute atomic E-state index is 0.0164. The van der Waals surface area contributed by atoms with E-state index in [4.69, 9.17) is 4.98 Å². The number of hydrogen-bond acceptors (Lipinski definition) is 4. The largest absolute Gasteiger partial charge is 0.332 e. The molecule has 3 aliphatic rings. The van der Waals surface area contributed by atoms with Gasteiger partial charge in [0.1, 0.15) is 5.82 Å². The van der Waals surface area contributed by atoms with E-state index in [9.17, 15) is 9.59 Å². The topological polar surface area (TPSA) is 69.3 Å². The number of aromatic amines is 1. The highest BCUT2D eigenvalue weighted by Gasteiger charge is 2.36. The van der Waals surface area contributed by atoms with Crippen LogP contribution in [0.15, 0.2) is 4.79 Å². The smallest absolute Gasteiger partial charge is 0.255 e. The molecule has 6 heteroatoms. The van der Waals surface area contributed by atoms with Crippen LogP contribution in [0, 0.1) is 5.92 Å². The van der Waals surface area contributed by atoms with E-state index in [-0.39, 0.29) is 23.4 Å². The van der Waals surface area contributed by atoms with Crippen molar-refractivity contribution in [3.05, 3.63) is 27.4 Å². The summed E-state index contributed by atoms with van der Waals surface area (Å²) < 4.78 is 0. The molecule has 0 radical (unpaired) electrons. The van der Waals surface area contributed by atoms with Gasteiger partial charge in [-0.3, -0.25) is 14.5 Å². The Morgan fingerprint density at radius 2 is 1.89 bits per heavy atom. The van der Waals surface area contributed by atoms with Crippen LogP contribution < -0.4 is 5.56 Å². The van der Waals surface area contributed by atoms with E-state index < -0.39 is 0 Å². The van der Waals surface area contributed by atoms with Crippen molar-refractivity contribution in [3.63, 3.8) is 0 Å². The number of carbonyl (C=O) groups is 1. The van der Waals surface area contributed by atoms with Gasteiger partial charge in [-0.25, -0.2) is 4.98 Å². The van der Waals surface area contributed by atoms with Gasteiger partial charge in [0.15, 0.2) is 0 Å². The summed E-state index contributed by atoms with van der Waals surface area (Å²) in [6, 6.07) is 0.371. The van der Waals surface area contributed by atoms with Gasteiger partial charge in [0.25, 0.3) is 5.56 Å². The van der Waals surface area contributed by atoms with Crippen LogP contribution in [0.1, 0.15) is 81.9 Å². The highest BCUT2D eigenvalue weighted by molar-refractivity contribution is 5.79. The molecule has 2 aliphatic heterocycles. The highest BCUT2D eigenvalue weighted by Crippen LogP contribution is 2.34. The summed E-state index contributed by atoms with van der Waals surface area (Å²) in [7, 11) is 0. The molecule has 2 fully saturated rings. The Morgan fingerprint density at radius 1 is 1.11 bits per heavy atom. The summed E-state index contributed by atoms with van der Waals surface area (Å²) in [5.74, 6) is 1.16. The van der Waals surface area contributed by atoms with Gasteiger partial charge in [-0.1, -0.05) is 19.3 Å². The lowest BCUT2D eigenvalue weighted by Gasteiger charge is -2.32. The number of likely N-dealkylation sites (tertiary alicyclic amines) is 1. The molecular formula is C21H32N4O2. The Labute approximate surface area is 161 Å². The lowest BCUT2D eigenvalue weighted by Crippen LogP contribution is -2.41. The molecule has 148 valence electrons. The van der Waals surface area contributed by atoms with Crippen molar-refractivity contribution in [1.82, 2.24) is 19.8 Å². The molecule has 1 N–H and O–H groups in total. The number of aromatic nitrogens is 2. The Balaban J connectivity index is 1.57. The second kappa shape index (κ2) is 7.74. The summed E-state index contributed by atoms with van der Waals surface area (Å²) in [6.07, 6.45) is 8.31. The Bertz CT molecular complexity index is 751. The number of rotatable bonds is 3. The Hall–Kier alpha value is -1.69. The number of carbonyl (C=O) groups excluding carboxylic acids is 1. The van der Waals surface area contributed by atoms with Crippen molar-refractivity contribution >= 4 is 5.91 Å². The fourth-order valence-corrected chi connectivity index (χ4v) is 4.96. The van der Waals surface area contributed by atoms with E-state index in [1.54, 1.807) is 0 Å². The molecule has 4 rings (SSSR count). The SMILES string of the molecule is CC(C)N1CCc2nc([C@@H]3CCCN3C(=O)C3CCCCC3)[nH]c(=O)c2C1. The van der Waals surface area contributed by atoms with Gasteiger partial charge in [0.05, 0.1) is 17.3 Å². The lowest BCUT2D eigenvalue weighted by atomic mass is 9.88. The molecule has 0 spiro atoms. The summed E-state index contributed by atoms with van der Waals surface area (Å²) >= 11 is 0. The predicted molar refractivity (Wildman–Crippen MR) is 104 cm³/mol. The number of amides is 1. The normalized spacial score (nSPS) is 24.4. The van der Waals surface area contributed by atoms with Gasteiger partial charge in [-0.05, 0) is 39.5 Å². The third kappa shape index (κ3) is 3.68. The molecule has 0 unspecified atom stereocenters. The van der Waals surface area contributed by atoms with Gasteiger partial charge in [0, 0.05) is 38.0 Å². The zero-order valence-electron chi connectivity index (χ0n) is 16.7. The van der Waals surface area contributed by atoms with Gasteiger partial charge in [-0.15, -0.1) is 0 Å². The molecule has 1 saturated carbocycles. The number of fused-ring (bicyclic) bond motifs is 1. The summed E-state index contributed by atoms with van der Waals surface area (Å²) in [6.45, 7) is 6.73. The van der Waals surface area contributed by atoms with E-state index in [1.165, 1.54) is 6.42 Å². The van der Waals surface area contributed by atoms with Crippen LogP contribution >= 0.6 is 0 Å². The standard InChI is InChI=1S/C21H32N4O2/c1-14(2)24-12-10-17-16(13-24)20(26)23-19(22-17)18-9-6-11-25(18)21(27)15-7-4-3-5-8-15/h14-15,18H,3-13H2,1-2H3,(H,22,23,26)/t18-/m0/s1. The highest BCUT2D eigenvalue weighted by atomic mass is 16.2. The zero-order chi connectivity index (χ0) is 19.0. The summed E-state index contributed by atoms with van der Waals surface area (Å²) in [5.41, 5.74) is 1.72. The van der Waals surface area contributed by atoms with E-state index >= 15 is 0 Å². The van der Waals surface area contributed by atoms with Gasteiger partial charge in [0.2, 0.25) is 5.91 Å². The fourth-order valence-electron chi connectivity index (χ4n) is 4.96. The van der Waals surface area contributed by atoms with E-state index in [0.29, 0.717) is 18.4 Å². The summed E-state index contributed by atoms with van der Waals surface area (Å²) in [4.78, 5) is 38.0. The van der Waals surface area contributed by atoms with E-state index in [2.05, 4.69) is 23.7 Å². The maximum absolute atomic E-state index is 13.1. The molecule has 1 aliphatic carbocycles. The monoisotopic (exact) mass is 372 g/mol. The molecule has 0 bridgehead atoms. The Kier molecular flexibility index (Phi) is 5.35. The predicted octanol–water partition coefficient (Wildman–Crippen LogP) is 2.78. The zero-order valence-corrected chi connectivity index (χ0v) is 16.7. The minimum atomic E-state index is -0.0550. The van der Waals surface area contributed by atoms with Crippen LogP contribution in [-0.2, 0) is 17.8 Å². The molecule has 27 heavy (non-hydrogen) atoms. The lowest BCUT2D eigenvalue weighted by molar-refractivity contribution is -0.137. The maximum Gasteiger partial charge on any atom is 0.255 e. The third-order valence-electron chi connectivity index (χ3n) is 6.65. The maximum atomic E-state index is 13.1. The number of nitrogens with zero attached hydrogens (tertiary/aromatic N) is 3. The summed E-state index contributed by atoms with van der Waals surface area (Å²) in [5, 5.41) is 0. The number of hydrogen-bond donors (Lipinski definition) is 1. The average Bonchev–Trinajstić information content (AvgIpc) is 3.17. The van der Waals surface area contributed by atoms with Crippen LogP contribution in [0.4, 0.5) is 0 Å². The third-order valence-corrected chi connectivity index (χ3v) is 6.65. The molecule has 1 aromatic rings. The van der Waals surface area contributed by atoms with Crippen molar-refractivity contribution in [2.75, 3.05) is 13.1 Å². The van der Waals surface area contributed by atoms with Crippen LogP contribution in [0.25, 0.3) is 0 Å². The van der Waals surface area contributed by atoms with Crippen molar-refractivity contribution in [2.24, 2.45) is 5.92 Å². The van der Waals surface area contributed by atoms with Gasteiger partial charge in [-0.2, -0.15) is 0 Å². The second-order valence-electron chi connectivity index (χ2n) is 8.72. The van der Waals surface area contributed by atoms with Crippen LogP contribution in [0.2, 0.25) is 0 Å². The number of nitrogens with one attached hydrogen (secondary N) is 1. The van der Waals surface area contributed by atoms with Crippen LogP contribution in [0.5, 0.6) is 0 Å². The van der Waals surface area contributed by atoms with Crippen molar-refractivity contribution in [2.45, 2.75) is 83.8 Å². The molecule has 1 aromatic heterocycles. The van der Waals surface area contributed by atoms with Crippen molar-refractivity contribution in [1.29, 1.82) is 0 Å². The molecule has 3 heterocycles. The fraction of sp³-hybridized carbons (Fsp3) is 0.762.